The summed E-state index contributed by atoms with van der Waals surface area (Å²) >= 11 is 1.56. The number of Topliss-reactive ketones (excluding diaryl/α,β-unsaturated/α-hetero) is 2. The van der Waals surface area contributed by atoms with Crippen molar-refractivity contribution in [2.45, 2.75) is 50.8 Å². The molecule has 3 unspecified atom stereocenters. The number of piperidine rings is 1. The summed E-state index contributed by atoms with van der Waals surface area (Å²) < 4.78 is 0. The Balaban J connectivity index is 1.62. The lowest BCUT2D eigenvalue weighted by Crippen LogP contribution is -2.44. The molecule has 5 N–H and O–H groups in total. The lowest BCUT2D eigenvalue weighted by molar-refractivity contribution is -0.127. The number of aliphatic hydroxyl groups is 2. The first kappa shape index (κ1) is 24.9. The van der Waals surface area contributed by atoms with E-state index in [0.29, 0.717) is 36.3 Å². The van der Waals surface area contributed by atoms with Crippen LogP contribution in [-0.4, -0.2) is 57.0 Å². The molecule has 0 aromatic heterocycles. The number of phenolic OH excluding ortho intramolecular Hbond substituents is 1. The summed E-state index contributed by atoms with van der Waals surface area (Å²) in [6.07, 6.45) is 6.28. The van der Waals surface area contributed by atoms with Gasteiger partial charge in [0.25, 0.3) is 5.91 Å². The number of likely N-dealkylation sites (tertiary alicyclic amines) is 1. The van der Waals surface area contributed by atoms with Gasteiger partial charge >= 0.3 is 0 Å². The summed E-state index contributed by atoms with van der Waals surface area (Å²) in [5, 5.41) is 33.4. The Labute approximate surface area is 214 Å². The first-order chi connectivity index (χ1) is 17.2. The quantitative estimate of drug-likeness (QED) is 0.441. The standard InChI is InChI=1S/C27H32N2O6S/c1-36-12-16-8-15(11-29-5-3-2-4-6-29)17-9-13-7-14-10-18(30)22(27(28)35)26(34)20(14)24(32)19(13)25(33)21(17)23(16)31/h8,13-14,20,31,33-34H,2-7,9-12H2,1H3,(H2,28,35). The number of allylic oxidation sites excluding steroid dienone is 2. The van der Waals surface area contributed by atoms with Crippen LogP contribution in [0.2, 0.25) is 0 Å². The number of thioether (sulfide) groups is 1. The van der Waals surface area contributed by atoms with Gasteiger partial charge in [-0.25, -0.2) is 0 Å². The van der Waals surface area contributed by atoms with Crippen LogP contribution in [0, 0.1) is 17.8 Å². The van der Waals surface area contributed by atoms with Crippen LogP contribution in [0.15, 0.2) is 23.0 Å². The van der Waals surface area contributed by atoms with E-state index in [1.54, 1.807) is 11.8 Å². The highest BCUT2D eigenvalue weighted by molar-refractivity contribution is 7.97. The molecule has 1 aliphatic heterocycles. The number of aliphatic hydroxyl groups excluding tert-OH is 2. The van der Waals surface area contributed by atoms with Gasteiger partial charge in [0.15, 0.2) is 11.6 Å². The third-order valence-corrected chi connectivity index (χ3v) is 8.80. The summed E-state index contributed by atoms with van der Waals surface area (Å²) in [4.78, 5) is 40.3. The SMILES string of the molecule is CSCc1cc(CN2CCCCC2)c2c(c1O)C(O)=C1C(=O)C3C(O)=C(C(N)=O)C(=O)CC3CC1C2. The molecule has 192 valence electrons. The number of primary amides is 1. The number of fused-ring (bicyclic) bond motifs is 3. The number of benzene rings is 1. The third-order valence-electron chi connectivity index (χ3n) is 8.20. The maximum Gasteiger partial charge on any atom is 0.255 e. The predicted octanol–water partition coefficient (Wildman–Crippen LogP) is 3.16. The van der Waals surface area contributed by atoms with Crippen molar-refractivity contribution < 1.29 is 29.7 Å². The minimum atomic E-state index is -1.09. The number of rotatable bonds is 5. The Morgan fingerprint density at radius 2 is 1.83 bits per heavy atom. The number of nitrogens with two attached hydrogens (primary N) is 1. The lowest BCUT2D eigenvalue weighted by atomic mass is 9.61. The summed E-state index contributed by atoms with van der Waals surface area (Å²) in [5.74, 6) is -4.31. The van der Waals surface area contributed by atoms with E-state index in [9.17, 15) is 29.7 Å². The van der Waals surface area contributed by atoms with Gasteiger partial charge in [0, 0.05) is 29.9 Å². The molecule has 4 aliphatic rings. The van der Waals surface area contributed by atoms with Gasteiger partial charge in [-0.1, -0.05) is 6.42 Å². The van der Waals surface area contributed by atoms with Gasteiger partial charge in [0.2, 0.25) is 0 Å². The van der Waals surface area contributed by atoms with Crippen LogP contribution in [0.5, 0.6) is 5.75 Å². The van der Waals surface area contributed by atoms with Gasteiger partial charge in [-0.05, 0) is 74.1 Å². The average molecular weight is 513 g/mol. The number of carbonyl (C=O) groups is 3. The van der Waals surface area contributed by atoms with E-state index in [-0.39, 0.29) is 29.4 Å². The third kappa shape index (κ3) is 4.02. The molecule has 1 saturated carbocycles. The number of ketones is 2. The molecule has 1 saturated heterocycles. The number of phenols is 1. The molecule has 0 bridgehead atoms. The van der Waals surface area contributed by atoms with Crippen LogP contribution < -0.4 is 5.73 Å². The topological polar surface area (TPSA) is 141 Å². The molecule has 8 nitrogen and oxygen atoms in total. The minimum Gasteiger partial charge on any atom is -0.511 e. The second-order valence-electron chi connectivity index (χ2n) is 10.4. The van der Waals surface area contributed by atoms with E-state index < -0.39 is 40.6 Å². The second kappa shape index (κ2) is 9.59. The number of aromatic hydroxyl groups is 1. The first-order valence-corrected chi connectivity index (χ1v) is 13.9. The van der Waals surface area contributed by atoms with Crippen molar-refractivity contribution in [2.75, 3.05) is 19.3 Å². The molecule has 3 aliphatic carbocycles. The van der Waals surface area contributed by atoms with Crippen LogP contribution in [0.25, 0.3) is 5.76 Å². The zero-order valence-electron chi connectivity index (χ0n) is 20.4. The van der Waals surface area contributed by atoms with Crippen molar-refractivity contribution in [3.05, 3.63) is 45.2 Å². The van der Waals surface area contributed by atoms with Crippen molar-refractivity contribution in [1.29, 1.82) is 0 Å². The Bertz CT molecular complexity index is 1210. The number of nitrogens with zero attached hydrogens (tertiary/aromatic N) is 1. The van der Waals surface area contributed by atoms with E-state index in [4.69, 9.17) is 5.73 Å². The van der Waals surface area contributed by atoms with Crippen LogP contribution in [-0.2, 0) is 33.1 Å². The average Bonchev–Trinajstić information content (AvgIpc) is 2.82. The molecule has 1 amide bonds. The van der Waals surface area contributed by atoms with Gasteiger partial charge in [-0.15, -0.1) is 0 Å². The second-order valence-corrected chi connectivity index (χ2v) is 11.3. The van der Waals surface area contributed by atoms with E-state index in [0.717, 1.165) is 37.1 Å². The molecule has 1 heterocycles. The van der Waals surface area contributed by atoms with Gasteiger partial charge in [0.05, 0.1) is 11.5 Å². The van der Waals surface area contributed by atoms with E-state index >= 15 is 0 Å². The zero-order chi connectivity index (χ0) is 25.7. The maximum atomic E-state index is 13.7. The highest BCUT2D eigenvalue weighted by atomic mass is 32.2. The van der Waals surface area contributed by atoms with Crippen LogP contribution in [0.4, 0.5) is 0 Å². The van der Waals surface area contributed by atoms with Crippen LogP contribution >= 0.6 is 11.8 Å². The highest BCUT2D eigenvalue weighted by Gasteiger charge is 2.51. The summed E-state index contributed by atoms with van der Waals surface area (Å²) in [6, 6.07) is 2.03. The smallest absolute Gasteiger partial charge is 0.255 e. The molecule has 1 aromatic carbocycles. The molecular formula is C27H32N2O6S. The number of carbonyl (C=O) groups excluding carboxylic acids is 3. The fourth-order valence-corrected chi connectivity index (χ4v) is 7.14. The largest absolute Gasteiger partial charge is 0.511 e. The van der Waals surface area contributed by atoms with Gasteiger partial charge in [-0.3, -0.25) is 19.3 Å². The number of hydrogen-bond acceptors (Lipinski definition) is 8. The minimum absolute atomic E-state index is 0.0171. The Morgan fingerprint density at radius 1 is 1.11 bits per heavy atom. The molecule has 1 aromatic rings. The fraction of sp³-hybridized carbons (Fsp3) is 0.519. The molecule has 36 heavy (non-hydrogen) atoms. The zero-order valence-corrected chi connectivity index (χ0v) is 21.2. The Kier molecular flexibility index (Phi) is 6.63. The van der Waals surface area contributed by atoms with Crippen molar-refractivity contribution >= 4 is 35.0 Å². The Morgan fingerprint density at radius 3 is 2.50 bits per heavy atom. The van der Waals surface area contributed by atoms with E-state index in [2.05, 4.69) is 4.90 Å². The maximum absolute atomic E-state index is 13.7. The molecule has 9 heteroatoms. The molecule has 3 atom stereocenters. The van der Waals surface area contributed by atoms with Crippen molar-refractivity contribution in [3.63, 3.8) is 0 Å². The van der Waals surface area contributed by atoms with Gasteiger partial charge in [-0.2, -0.15) is 11.8 Å². The summed E-state index contributed by atoms with van der Waals surface area (Å²) in [5.41, 5.74) is 7.86. The first-order valence-electron chi connectivity index (χ1n) is 12.5. The normalized spacial score (nSPS) is 26.5. The monoisotopic (exact) mass is 512 g/mol. The van der Waals surface area contributed by atoms with E-state index in [1.807, 2.05) is 12.3 Å². The highest BCUT2D eigenvalue weighted by Crippen LogP contribution is 2.51. The molecule has 2 fully saturated rings. The fourth-order valence-electron chi connectivity index (χ4n) is 6.61. The Hall–Kier alpha value is -2.78. The van der Waals surface area contributed by atoms with Gasteiger partial charge < -0.3 is 21.1 Å². The van der Waals surface area contributed by atoms with Crippen molar-refractivity contribution in [1.82, 2.24) is 4.90 Å². The number of amides is 1. The van der Waals surface area contributed by atoms with Crippen molar-refractivity contribution in [3.8, 4) is 5.75 Å². The molecule has 0 spiro atoms. The molecule has 0 radical (unpaired) electrons. The lowest BCUT2D eigenvalue weighted by Gasteiger charge is -2.41. The summed E-state index contributed by atoms with van der Waals surface area (Å²) in [7, 11) is 0. The molecular weight excluding hydrogens is 480 g/mol. The molecule has 5 rings (SSSR count). The van der Waals surface area contributed by atoms with Crippen LogP contribution in [0.1, 0.15) is 54.4 Å². The van der Waals surface area contributed by atoms with E-state index in [1.165, 1.54) is 6.42 Å². The predicted molar refractivity (Wildman–Crippen MR) is 136 cm³/mol. The van der Waals surface area contributed by atoms with Gasteiger partial charge in [0.1, 0.15) is 22.8 Å². The summed E-state index contributed by atoms with van der Waals surface area (Å²) in [6.45, 7) is 2.72. The van der Waals surface area contributed by atoms with Crippen LogP contribution in [0.3, 0.4) is 0 Å². The number of hydrogen-bond donors (Lipinski definition) is 4. The van der Waals surface area contributed by atoms with Crippen molar-refractivity contribution in [2.24, 2.45) is 23.5 Å².